The van der Waals surface area contributed by atoms with Crippen molar-refractivity contribution in [2.75, 3.05) is 79.6 Å². The monoisotopic (exact) mass is 616 g/mol. The predicted molar refractivity (Wildman–Crippen MR) is 150 cm³/mol. The average molecular weight is 617 g/mol. The topological polar surface area (TPSA) is 219 Å². The van der Waals surface area contributed by atoms with Crippen LogP contribution in [0.15, 0.2) is 5.11 Å². The van der Waals surface area contributed by atoms with Gasteiger partial charge in [0.05, 0.1) is 78.6 Å². The van der Waals surface area contributed by atoms with Crippen LogP contribution in [0.3, 0.4) is 0 Å². The molecule has 0 fully saturated rings. The summed E-state index contributed by atoms with van der Waals surface area (Å²) < 4.78 is 38.2. The molecule has 0 atom stereocenters. The first kappa shape index (κ1) is 37.3. The zero-order chi connectivity index (χ0) is 31.8. The first-order valence-corrected chi connectivity index (χ1v) is 13.8. The highest BCUT2D eigenvalue weighted by atomic mass is 16.6. The summed E-state index contributed by atoms with van der Waals surface area (Å²) in [4.78, 5) is 38.0. The summed E-state index contributed by atoms with van der Waals surface area (Å²) in [5, 5.41) is 16.8. The number of nitrogens with zero attached hydrogens (tertiary/aromatic N) is 6. The van der Waals surface area contributed by atoms with Gasteiger partial charge in [0.2, 0.25) is 0 Å². The van der Waals surface area contributed by atoms with Crippen LogP contribution in [0.2, 0.25) is 0 Å². The summed E-state index contributed by atoms with van der Waals surface area (Å²) in [7, 11) is 1.31. The number of carbonyl (C=O) groups excluding carboxylic acids is 3. The Kier molecular flexibility index (Phi) is 19.8. The lowest BCUT2D eigenvalue weighted by atomic mass is 10.2. The molecule has 1 rings (SSSR count). The Labute approximate surface area is 250 Å². The average Bonchev–Trinajstić information content (AvgIpc) is 3.34. The van der Waals surface area contributed by atoms with Crippen LogP contribution in [0.5, 0.6) is 0 Å². The Bertz CT molecular complexity index is 995. The van der Waals surface area contributed by atoms with Crippen LogP contribution in [-0.4, -0.2) is 118 Å². The molecule has 0 bridgehead atoms. The summed E-state index contributed by atoms with van der Waals surface area (Å²) in [6.45, 7) is 8.74. The summed E-state index contributed by atoms with van der Waals surface area (Å²) in [6, 6.07) is 0. The van der Waals surface area contributed by atoms with E-state index in [1.54, 1.807) is 25.5 Å². The van der Waals surface area contributed by atoms with Crippen LogP contribution >= 0.6 is 0 Å². The van der Waals surface area contributed by atoms with Crippen LogP contribution in [0.4, 0.5) is 9.59 Å². The van der Waals surface area contributed by atoms with Crippen LogP contribution in [0.1, 0.15) is 38.6 Å². The highest BCUT2D eigenvalue weighted by molar-refractivity contribution is 5.69. The fraction of sp³-hybridized carbons (Fsp3) is 0.800. The smallest absolute Gasteiger partial charge is 0.407 e. The summed E-state index contributed by atoms with van der Waals surface area (Å²) in [5.41, 5.74) is 8.72. The molecule has 1 aromatic heterocycles. The number of aromatic nitrogens is 3. The van der Waals surface area contributed by atoms with Gasteiger partial charge in [0.25, 0.3) is 0 Å². The summed E-state index contributed by atoms with van der Waals surface area (Å²) in [5.74, 6) is -0.390. The lowest BCUT2D eigenvalue weighted by Gasteiger charge is -2.19. The first-order valence-electron chi connectivity index (χ1n) is 13.8. The number of esters is 1. The highest BCUT2D eigenvalue weighted by Gasteiger charge is 2.17. The normalized spacial score (nSPS) is 11.0. The van der Waals surface area contributed by atoms with E-state index in [1.807, 2.05) is 0 Å². The van der Waals surface area contributed by atoms with Crippen LogP contribution in [0.25, 0.3) is 10.4 Å². The second-order valence-corrected chi connectivity index (χ2v) is 9.62. The zero-order valence-corrected chi connectivity index (χ0v) is 25.4. The van der Waals surface area contributed by atoms with Gasteiger partial charge in [0.15, 0.2) is 0 Å². The van der Waals surface area contributed by atoms with E-state index >= 15 is 0 Å². The number of methoxy groups -OCH3 is 1. The van der Waals surface area contributed by atoms with E-state index in [0.717, 1.165) is 0 Å². The summed E-state index contributed by atoms with van der Waals surface area (Å²) in [6.07, 6.45) is -0.751. The van der Waals surface area contributed by atoms with Gasteiger partial charge in [-0.1, -0.05) is 10.3 Å². The lowest BCUT2D eigenvalue weighted by molar-refractivity contribution is -0.140. The standard InChI is InChI=1S/C25H44N8O10/c1-25(2,3)43-24(36)28-8-12-41-19-20-21(5-6-22(34)37-4)33(32-30-20)10-14-42-23(35)27-7-11-38-15-17-40-18-16-39-13-9-29-31-26/h5-19H2,1-4H3,(H,27,35)(H,28,36). The Morgan fingerprint density at radius 1 is 0.907 bits per heavy atom. The van der Waals surface area contributed by atoms with Gasteiger partial charge in [0, 0.05) is 31.0 Å². The van der Waals surface area contributed by atoms with Gasteiger partial charge in [-0.05, 0) is 26.3 Å². The molecule has 0 spiro atoms. The molecule has 2 amide bonds. The number of rotatable bonds is 23. The van der Waals surface area contributed by atoms with Crippen molar-refractivity contribution in [1.82, 2.24) is 25.6 Å². The second-order valence-electron chi connectivity index (χ2n) is 9.62. The summed E-state index contributed by atoms with van der Waals surface area (Å²) >= 11 is 0. The van der Waals surface area contributed by atoms with Crippen LogP contribution in [0, 0.1) is 0 Å². The molecule has 0 saturated heterocycles. The van der Waals surface area contributed by atoms with Gasteiger partial charge in [0.1, 0.15) is 17.9 Å². The first-order chi connectivity index (χ1) is 20.7. The zero-order valence-electron chi connectivity index (χ0n) is 25.4. The number of nitrogens with one attached hydrogen (secondary N) is 2. The van der Waals surface area contributed by atoms with Crippen molar-refractivity contribution in [2.45, 2.75) is 52.4 Å². The maximum Gasteiger partial charge on any atom is 0.407 e. The van der Waals surface area contributed by atoms with Crippen molar-refractivity contribution in [2.24, 2.45) is 5.11 Å². The molecule has 244 valence electrons. The molecule has 18 heteroatoms. The lowest BCUT2D eigenvalue weighted by Crippen LogP contribution is -2.34. The van der Waals surface area contributed by atoms with Gasteiger partial charge >= 0.3 is 18.2 Å². The molecule has 0 radical (unpaired) electrons. The minimum absolute atomic E-state index is 0.0140. The molecule has 1 aromatic rings. The van der Waals surface area contributed by atoms with E-state index in [0.29, 0.717) is 50.8 Å². The van der Waals surface area contributed by atoms with Gasteiger partial charge < -0.3 is 43.8 Å². The molecular formula is C25H44N8O10. The maximum atomic E-state index is 12.0. The van der Waals surface area contributed by atoms with Crippen molar-refractivity contribution in [3.63, 3.8) is 0 Å². The Morgan fingerprint density at radius 2 is 1.53 bits per heavy atom. The van der Waals surface area contributed by atoms with Crippen molar-refractivity contribution in [3.05, 3.63) is 21.8 Å². The number of azide groups is 1. The fourth-order valence-electron chi connectivity index (χ4n) is 3.16. The molecule has 1 heterocycles. The minimum atomic E-state index is -0.616. The number of hydrogen-bond donors (Lipinski definition) is 2. The molecular weight excluding hydrogens is 572 g/mol. The van der Waals surface area contributed by atoms with E-state index in [2.05, 4.69) is 31.0 Å². The maximum absolute atomic E-state index is 12.0. The number of alkyl carbamates (subject to hydrolysis) is 2. The van der Waals surface area contributed by atoms with Gasteiger partial charge in [-0.3, -0.25) is 4.79 Å². The van der Waals surface area contributed by atoms with E-state index in [1.165, 1.54) is 7.11 Å². The van der Waals surface area contributed by atoms with Crippen LogP contribution < -0.4 is 10.6 Å². The fourth-order valence-corrected chi connectivity index (χ4v) is 3.16. The Hall–Kier alpha value is -3.70. The third kappa shape index (κ3) is 19.9. The minimum Gasteiger partial charge on any atom is -0.469 e. The largest absolute Gasteiger partial charge is 0.469 e. The van der Waals surface area contributed by atoms with Gasteiger partial charge in [-0.25, -0.2) is 14.3 Å². The van der Waals surface area contributed by atoms with Gasteiger partial charge in [-0.15, -0.1) is 5.10 Å². The number of hydrogen-bond acceptors (Lipinski definition) is 13. The van der Waals surface area contributed by atoms with Crippen molar-refractivity contribution in [1.29, 1.82) is 0 Å². The number of carbonyl (C=O) groups is 3. The molecule has 0 aromatic carbocycles. The second kappa shape index (κ2) is 22.8. The van der Waals surface area contributed by atoms with E-state index in [-0.39, 0.29) is 59.0 Å². The molecule has 0 aliphatic heterocycles. The molecule has 0 unspecified atom stereocenters. The third-order valence-corrected chi connectivity index (χ3v) is 5.06. The van der Waals surface area contributed by atoms with Crippen LogP contribution in [-0.2, 0) is 57.5 Å². The molecule has 0 saturated carbocycles. The Morgan fingerprint density at radius 3 is 2.19 bits per heavy atom. The predicted octanol–water partition coefficient (Wildman–Crippen LogP) is 1.51. The molecule has 43 heavy (non-hydrogen) atoms. The van der Waals surface area contributed by atoms with E-state index in [4.69, 9.17) is 38.7 Å². The third-order valence-electron chi connectivity index (χ3n) is 5.06. The Balaban J connectivity index is 2.29. The quantitative estimate of drug-likeness (QED) is 0.0446. The van der Waals surface area contributed by atoms with Crippen molar-refractivity contribution >= 4 is 18.2 Å². The SMILES string of the molecule is COC(=O)CCc1c(COCCNC(=O)OC(C)(C)C)nnn1CCOC(=O)NCCOCCOCCOCCN=[N+]=[N-]. The van der Waals surface area contributed by atoms with Crippen molar-refractivity contribution in [3.8, 4) is 0 Å². The molecule has 2 N–H and O–H groups in total. The number of ether oxygens (including phenoxy) is 7. The van der Waals surface area contributed by atoms with Gasteiger partial charge in [-0.2, -0.15) is 0 Å². The van der Waals surface area contributed by atoms with E-state index in [9.17, 15) is 14.4 Å². The molecule has 0 aliphatic rings. The van der Waals surface area contributed by atoms with E-state index < -0.39 is 23.8 Å². The van der Waals surface area contributed by atoms with Crippen molar-refractivity contribution < 1.29 is 47.5 Å². The highest BCUT2D eigenvalue weighted by Crippen LogP contribution is 2.11. The molecule has 0 aliphatic carbocycles. The number of amides is 2. The molecule has 18 nitrogen and oxygen atoms in total.